The van der Waals surface area contributed by atoms with Crippen LogP contribution in [0.25, 0.3) is 0 Å². The average molecular weight is 247 g/mol. The minimum absolute atomic E-state index is 0.328. The molecule has 2 unspecified atom stereocenters. The number of rotatable bonds is 5. The smallest absolute Gasteiger partial charge is 0.150 e. The number of ether oxygens (including phenoxy) is 1. The van der Waals surface area contributed by atoms with E-state index in [0.717, 1.165) is 32.5 Å². The standard InChI is InChI=1S/C11H21NO3S/c13-16(14)7-4-10(9-16)8-12-5-3-11-2-1-6-15-11/h10-12H,1-9H2. The van der Waals surface area contributed by atoms with Crippen LogP contribution in [0.5, 0.6) is 0 Å². The molecule has 2 atom stereocenters. The number of sulfone groups is 1. The van der Waals surface area contributed by atoms with Gasteiger partial charge in [0.05, 0.1) is 17.6 Å². The van der Waals surface area contributed by atoms with Crippen molar-refractivity contribution >= 4 is 9.84 Å². The van der Waals surface area contributed by atoms with Gasteiger partial charge in [-0.25, -0.2) is 8.42 Å². The summed E-state index contributed by atoms with van der Waals surface area (Å²) >= 11 is 0. The van der Waals surface area contributed by atoms with E-state index in [1.807, 2.05) is 0 Å². The van der Waals surface area contributed by atoms with Crippen molar-refractivity contribution in [1.82, 2.24) is 5.32 Å². The van der Waals surface area contributed by atoms with Crippen LogP contribution >= 0.6 is 0 Å². The fourth-order valence-electron chi connectivity index (χ4n) is 2.47. The summed E-state index contributed by atoms with van der Waals surface area (Å²) in [6.07, 6.45) is 4.68. The van der Waals surface area contributed by atoms with E-state index >= 15 is 0 Å². The molecule has 0 bridgehead atoms. The Kier molecular flexibility index (Phi) is 4.21. The van der Waals surface area contributed by atoms with Gasteiger partial charge in [-0.05, 0) is 44.7 Å². The molecule has 0 amide bonds. The van der Waals surface area contributed by atoms with Crippen LogP contribution in [-0.2, 0) is 14.6 Å². The van der Waals surface area contributed by atoms with Crippen molar-refractivity contribution in [2.45, 2.75) is 31.8 Å². The van der Waals surface area contributed by atoms with E-state index in [4.69, 9.17) is 4.74 Å². The summed E-state index contributed by atoms with van der Waals surface area (Å²) in [6, 6.07) is 0. The van der Waals surface area contributed by atoms with E-state index < -0.39 is 9.84 Å². The molecular formula is C11H21NO3S. The zero-order valence-electron chi connectivity index (χ0n) is 9.65. The minimum Gasteiger partial charge on any atom is -0.378 e. The van der Waals surface area contributed by atoms with Crippen LogP contribution in [0.3, 0.4) is 0 Å². The summed E-state index contributed by atoms with van der Waals surface area (Å²) in [4.78, 5) is 0. The first-order valence-corrected chi connectivity index (χ1v) is 8.00. The molecule has 2 rings (SSSR count). The Morgan fingerprint density at radius 1 is 1.31 bits per heavy atom. The normalized spacial score (nSPS) is 33.2. The highest BCUT2D eigenvalue weighted by Crippen LogP contribution is 2.18. The van der Waals surface area contributed by atoms with Crippen molar-refractivity contribution in [3.63, 3.8) is 0 Å². The molecule has 0 aliphatic carbocycles. The highest BCUT2D eigenvalue weighted by atomic mass is 32.2. The second-order valence-corrected chi connectivity index (χ2v) is 7.13. The van der Waals surface area contributed by atoms with Crippen LogP contribution in [0.4, 0.5) is 0 Å². The molecule has 2 saturated heterocycles. The van der Waals surface area contributed by atoms with Crippen LogP contribution in [-0.4, -0.2) is 45.7 Å². The first-order valence-electron chi connectivity index (χ1n) is 6.18. The summed E-state index contributed by atoms with van der Waals surface area (Å²) in [6.45, 7) is 2.69. The van der Waals surface area contributed by atoms with E-state index in [0.29, 0.717) is 23.5 Å². The minimum atomic E-state index is -2.71. The van der Waals surface area contributed by atoms with Crippen molar-refractivity contribution in [2.75, 3.05) is 31.2 Å². The van der Waals surface area contributed by atoms with Gasteiger partial charge in [-0.2, -0.15) is 0 Å². The molecule has 2 aliphatic heterocycles. The van der Waals surface area contributed by atoms with E-state index in [9.17, 15) is 8.42 Å². The molecule has 1 N–H and O–H groups in total. The maximum absolute atomic E-state index is 11.2. The van der Waals surface area contributed by atoms with Crippen LogP contribution in [0.2, 0.25) is 0 Å². The van der Waals surface area contributed by atoms with Gasteiger partial charge in [0.25, 0.3) is 0 Å². The molecule has 4 nitrogen and oxygen atoms in total. The summed E-state index contributed by atoms with van der Waals surface area (Å²) in [7, 11) is -2.71. The molecule has 2 aliphatic rings. The van der Waals surface area contributed by atoms with Crippen molar-refractivity contribution in [2.24, 2.45) is 5.92 Å². The molecule has 0 radical (unpaired) electrons. The predicted octanol–water partition coefficient (Wildman–Crippen LogP) is 0.580. The first kappa shape index (κ1) is 12.3. The largest absolute Gasteiger partial charge is 0.378 e. The van der Waals surface area contributed by atoms with Gasteiger partial charge >= 0.3 is 0 Å². The van der Waals surface area contributed by atoms with E-state index in [1.165, 1.54) is 12.8 Å². The van der Waals surface area contributed by atoms with Gasteiger partial charge in [0, 0.05) is 6.61 Å². The summed E-state index contributed by atoms with van der Waals surface area (Å²) in [5, 5.41) is 3.35. The Balaban J connectivity index is 1.55. The number of hydrogen-bond donors (Lipinski definition) is 1. The van der Waals surface area contributed by atoms with Gasteiger partial charge in [-0.15, -0.1) is 0 Å². The number of hydrogen-bond acceptors (Lipinski definition) is 4. The summed E-state index contributed by atoms with van der Waals surface area (Å²) < 4.78 is 28.0. The molecule has 5 heteroatoms. The predicted molar refractivity (Wildman–Crippen MR) is 63.2 cm³/mol. The fraction of sp³-hybridized carbons (Fsp3) is 1.00. The third kappa shape index (κ3) is 3.71. The van der Waals surface area contributed by atoms with Crippen LogP contribution in [0.1, 0.15) is 25.7 Å². The topological polar surface area (TPSA) is 55.4 Å². The van der Waals surface area contributed by atoms with Crippen LogP contribution < -0.4 is 5.32 Å². The summed E-state index contributed by atoms with van der Waals surface area (Å²) in [5.74, 6) is 1.08. The molecule has 2 heterocycles. The van der Waals surface area contributed by atoms with Gasteiger partial charge in [0.1, 0.15) is 0 Å². The van der Waals surface area contributed by atoms with Crippen molar-refractivity contribution in [3.8, 4) is 0 Å². The molecule has 94 valence electrons. The van der Waals surface area contributed by atoms with Crippen molar-refractivity contribution in [3.05, 3.63) is 0 Å². The van der Waals surface area contributed by atoms with E-state index in [-0.39, 0.29) is 0 Å². The van der Waals surface area contributed by atoms with Crippen molar-refractivity contribution < 1.29 is 13.2 Å². The molecule has 0 saturated carbocycles. The monoisotopic (exact) mass is 247 g/mol. The molecule has 16 heavy (non-hydrogen) atoms. The highest BCUT2D eigenvalue weighted by Gasteiger charge is 2.27. The van der Waals surface area contributed by atoms with Crippen LogP contribution in [0.15, 0.2) is 0 Å². The Labute approximate surface area is 97.7 Å². The van der Waals surface area contributed by atoms with E-state index in [1.54, 1.807) is 0 Å². The van der Waals surface area contributed by atoms with Crippen LogP contribution in [0, 0.1) is 5.92 Å². The molecule has 0 aromatic rings. The third-order valence-electron chi connectivity index (χ3n) is 3.43. The van der Waals surface area contributed by atoms with Gasteiger partial charge in [-0.3, -0.25) is 0 Å². The lowest BCUT2D eigenvalue weighted by atomic mass is 10.1. The summed E-state index contributed by atoms with van der Waals surface area (Å²) in [5.41, 5.74) is 0. The average Bonchev–Trinajstić information content (AvgIpc) is 2.82. The third-order valence-corrected chi connectivity index (χ3v) is 5.26. The quantitative estimate of drug-likeness (QED) is 0.722. The Hall–Kier alpha value is -0.130. The zero-order valence-corrected chi connectivity index (χ0v) is 10.5. The number of nitrogens with one attached hydrogen (secondary N) is 1. The molecular weight excluding hydrogens is 226 g/mol. The second-order valence-electron chi connectivity index (χ2n) is 4.90. The lowest BCUT2D eigenvalue weighted by Gasteiger charge is -2.12. The SMILES string of the molecule is O=S1(=O)CCC(CNCCC2CCCO2)C1. The van der Waals surface area contributed by atoms with Gasteiger partial charge in [0.15, 0.2) is 9.84 Å². The second kappa shape index (κ2) is 5.47. The van der Waals surface area contributed by atoms with E-state index in [2.05, 4.69) is 5.32 Å². The Bertz CT molecular complexity index is 309. The molecule has 0 aromatic carbocycles. The first-order chi connectivity index (χ1) is 7.66. The zero-order chi connectivity index (χ0) is 11.4. The van der Waals surface area contributed by atoms with Gasteiger partial charge in [-0.1, -0.05) is 0 Å². The Morgan fingerprint density at radius 2 is 2.19 bits per heavy atom. The highest BCUT2D eigenvalue weighted by molar-refractivity contribution is 7.91. The fourth-order valence-corrected chi connectivity index (χ4v) is 4.34. The van der Waals surface area contributed by atoms with Crippen molar-refractivity contribution in [1.29, 1.82) is 0 Å². The molecule has 0 aromatic heterocycles. The lowest BCUT2D eigenvalue weighted by molar-refractivity contribution is 0.104. The maximum Gasteiger partial charge on any atom is 0.150 e. The lowest BCUT2D eigenvalue weighted by Crippen LogP contribution is -2.26. The Morgan fingerprint density at radius 3 is 2.81 bits per heavy atom. The van der Waals surface area contributed by atoms with Gasteiger partial charge < -0.3 is 10.1 Å². The molecule has 2 fully saturated rings. The van der Waals surface area contributed by atoms with Gasteiger partial charge in [0.2, 0.25) is 0 Å². The maximum atomic E-state index is 11.2. The molecule has 0 spiro atoms.